The molecular weight excluding hydrogens is 322 g/mol. The van der Waals surface area contributed by atoms with Gasteiger partial charge in [-0.25, -0.2) is 4.98 Å². The summed E-state index contributed by atoms with van der Waals surface area (Å²) in [5.41, 5.74) is 3.05. The van der Waals surface area contributed by atoms with Crippen molar-refractivity contribution >= 4 is 16.7 Å². The van der Waals surface area contributed by atoms with Crippen LogP contribution in [-0.4, -0.2) is 22.5 Å². The molecule has 26 heavy (non-hydrogen) atoms. The number of amides is 1. The Balaban J connectivity index is 1.81. The predicted molar refractivity (Wildman–Crippen MR) is 104 cm³/mol. The summed E-state index contributed by atoms with van der Waals surface area (Å²) in [7, 11) is 1.65. The number of carbonyl (C=O) groups is 1. The minimum Gasteiger partial charge on any atom is -0.359 e. The van der Waals surface area contributed by atoms with Gasteiger partial charge in [-0.2, -0.15) is 0 Å². The van der Waals surface area contributed by atoms with Crippen LogP contribution in [0.25, 0.3) is 27.8 Å². The molecule has 0 saturated carbocycles. The van der Waals surface area contributed by atoms with Crippen LogP contribution >= 0.6 is 0 Å². The Bertz CT molecular complexity index is 1080. The Morgan fingerprint density at radius 3 is 2.73 bits per heavy atom. The first kappa shape index (κ1) is 16.1. The van der Waals surface area contributed by atoms with Crippen molar-refractivity contribution in [1.82, 2.24) is 14.9 Å². The largest absolute Gasteiger partial charge is 0.359 e. The van der Waals surface area contributed by atoms with E-state index in [9.17, 15) is 4.79 Å². The van der Waals surface area contributed by atoms with Gasteiger partial charge in [-0.15, -0.1) is 0 Å². The highest BCUT2D eigenvalue weighted by atomic mass is 16.1. The summed E-state index contributed by atoms with van der Waals surface area (Å²) >= 11 is 0. The minimum absolute atomic E-state index is 0.00191. The van der Waals surface area contributed by atoms with Crippen molar-refractivity contribution in [3.63, 3.8) is 0 Å². The van der Waals surface area contributed by atoms with Gasteiger partial charge in [0.2, 0.25) is 5.91 Å². The lowest BCUT2D eigenvalue weighted by atomic mass is 10.0. The van der Waals surface area contributed by atoms with Crippen molar-refractivity contribution in [1.29, 1.82) is 0 Å². The molecular formula is C22H19N3O. The maximum atomic E-state index is 11.7. The molecule has 0 bridgehead atoms. The third-order valence-corrected chi connectivity index (χ3v) is 4.50. The fraction of sp³-hybridized carbons (Fsp3) is 0.0909. The number of nitrogens with one attached hydrogen (secondary N) is 1. The van der Waals surface area contributed by atoms with E-state index < -0.39 is 0 Å². The summed E-state index contributed by atoms with van der Waals surface area (Å²) in [4.78, 5) is 16.3. The maximum Gasteiger partial charge on any atom is 0.224 e. The molecule has 1 aromatic heterocycles. The second-order valence-corrected chi connectivity index (χ2v) is 6.17. The molecule has 0 atom stereocenters. The van der Waals surface area contributed by atoms with Crippen LogP contribution in [0.2, 0.25) is 0 Å². The van der Waals surface area contributed by atoms with Gasteiger partial charge in [-0.1, -0.05) is 54.6 Å². The minimum atomic E-state index is 0.00191. The van der Waals surface area contributed by atoms with E-state index >= 15 is 0 Å². The first-order valence-corrected chi connectivity index (χ1v) is 8.57. The molecule has 4 aromatic rings. The molecule has 0 aliphatic heterocycles. The fourth-order valence-corrected chi connectivity index (χ4v) is 3.22. The quantitative estimate of drug-likeness (QED) is 0.610. The highest BCUT2D eigenvalue weighted by Crippen LogP contribution is 2.29. The second-order valence-electron chi connectivity index (χ2n) is 6.17. The first-order chi connectivity index (χ1) is 12.8. The molecule has 1 N–H and O–H groups in total. The van der Waals surface area contributed by atoms with Gasteiger partial charge < -0.3 is 5.32 Å². The molecule has 0 radical (unpaired) electrons. The lowest BCUT2D eigenvalue weighted by molar-refractivity contribution is -0.119. The van der Waals surface area contributed by atoms with Crippen molar-refractivity contribution in [3.8, 4) is 17.1 Å². The van der Waals surface area contributed by atoms with E-state index in [0.717, 1.165) is 22.6 Å². The van der Waals surface area contributed by atoms with E-state index in [1.54, 1.807) is 7.05 Å². The van der Waals surface area contributed by atoms with E-state index in [-0.39, 0.29) is 5.91 Å². The number of benzene rings is 3. The summed E-state index contributed by atoms with van der Waals surface area (Å²) in [6.45, 7) is 0. The first-order valence-electron chi connectivity index (χ1n) is 8.57. The third-order valence-electron chi connectivity index (χ3n) is 4.50. The number of hydrogen-bond donors (Lipinski definition) is 1. The van der Waals surface area contributed by atoms with Crippen LogP contribution in [0.15, 0.2) is 79.1 Å². The average molecular weight is 341 g/mol. The van der Waals surface area contributed by atoms with Crippen LogP contribution in [0.4, 0.5) is 0 Å². The van der Waals surface area contributed by atoms with Gasteiger partial charge in [0.25, 0.3) is 0 Å². The van der Waals surface area contributed by atoms with Gasteiger partial charge >= 0.3 is 0 Å². The van der Waals surface area contributed by atoms with Gasteiger partial charge in [0.05, 0.1) is 6.42 Å². The highest BCUT2D eigenvalue weighted by Gasteiger charge is 2.11. The summed E-state index contributed by atoms with van der Waals surface area (Å²) in [5.74, 6) is 0.890. The standard InChI is InChI=1S/C22H19N3O/c1-23-21(26)15-16-6-4-9-18(14-16)25-13-12-24-22(25)20-11-5-8-17-7-2-3-10-19(17)20/h2-14H,15H2,1H3,(H,23,26). The molecule has 0 saturated heterocycles. The van der Waals surface area contributed by atoms with Gasteiger partial charge in [0.15, 0.2) is 0 Å². The second kappa shape index (κ2) is 6.84. The number of likely N-dealkylation sites (N-methyl/N-ethyl adjacent to an activating group) is 1. The molecule has 1 amide bonds. The molecule has 1 heterocycles. The highest BCUT2D eigenvalue weighted by molar-refractivity contribution is 5.95. The van der Waals surface area contributed by atoms with Gasteiger partial charge in [-0.05, 0) is 28.5 Å². The molecule has 4 nitrogen and oxygen atoms in total. The molecule has 0 aliphatic rings. The number of carbonyl (C=O) groups excluding carboxylic acids is 1. The lowest BCUT2D eigenvalue weighted by Gasteiger charge is -2.11. The Morgan fingerprint density at radius 2 is 1.85 bits per heavy atom. The topological polar surface area (TPSA) is 46.9 Å². The monoisotopic (exact) mass is 341 g/mol. The Labute approximate surface area is 152 Å². The van der Waals surface area contributed by atoms with Crippen molar-refractivity contribution in [2.75, 3.05) is 7.05 Å². The van der Waals surface area contributed by atoms with Gasteiger partial charge in [-0.3, -0.25) is 9.36 Å². The molecule has 4 heteroatoms. The molecule has 0 fully saturated rings. The van der Waals surface area contributed by atoms with Gasteiger partial charge in [0.1, 0.15) is 5.82 Å². The zero-order valence-corrected chi connectivity index (χ0v) is 14.5. The van der Waals surface area contributed by atoms with Gasteiger partial charge in [0, 0.05) is 30.7 Å². The summed E-state index contributed by atoms with van der Waals surface area (Å²) in [6.07, 6.45) is 4.13. The van der Waals surface area contributed by atoms with Crippen LogP contribution in [0.3, 0.4) is 0 Å². The normalized spacial score (nSPS) is 10.8. The van der Waals surface area contributed by atoms with E-state index in [2.05, 4.69) is 45.2 Å². The number of aromatic nitrogens is 2. The number of nitrogens with zero attached hydrogens (tertiary/aromatic N) is 2. The van der Waals surface area contributed by atoms with E-state index in [1.807, 2.05) is 48.8 Å². The SMILES string of the molecule is CNC(=O)Cc1cccc(-n2ccnc2-c2cccc3ccccc23)c1. The van der Waals surface area contributed by atoms with Crippen molar-refractivity contribution in [2.24, 2.45) is 0 Å². The molecule has 3 aromatic carbocycles. The van der Waals surface area contributed by atoms with Crippen molar-refractivity contribution in [3.05, 3.63) is 84.7 Å². The van der Waals surface area contributed by atoms with Crippen LogP contribution in [-0.2, 0) is 11.2 Å². The zero-order valence-electron chi connectivity index (χ0n) is 14.5. The summed E-state index contributed by atoms with van der Waals surface area (Å²) in [5, 5.41) is 5.03. The average Bonchev–Trinajstić information content (AvgIpc) is 3.17. The fourth-order valence-electron chi connectivity index (χ4n) is 3.22. The number of fused-ring (bicyclic) bond motifs is 1. The van der Waals surface area contributed by atoms with E-state index in [4.69, 9.17) is 0 Å². The number of imidazole rings is 1. The molecule has 0 unspecified atom stereocenters. The van der Waals surface area contributed by atoms with E-state index in [1.165, 1.54) is 10.8 Å². The molecule has 0 aliphatic carbocycles. The van der Waals surface area contributed by atoms with Crippen LogP contribution in [0, 0.1) is 0 Å². The Kier molecular flexibility index (Phi) is 4.23. The van der Waals surface area contributed by atoms with Crippen molar-refractivity contribution < 1.29 is 4.79 Å². The molecule has 128 valence electrons. The van der Waals surface area contributed by atoms with Crippen LogP contribution in [0.1, 0.15) is 5.56 Å². The van der Waals surface area contributed by atoms with Crippen molar-refractivity contribution in [2.45, 2.75) is 6.42 Å². The lowest BCUT2D eigenvalue weighted by Crippen LogP contribution is -2.19. The zero-order chi connectivity index (χ0) is 17.9. The maximum absolute atomic E-state index is 11.7. The van der Waals surface area contributed by atoms with Crippen LogP contribution in [0.5, 0.6) is 0 Å². The predicted octanol–water partition coefficient (Wildman–Crippen LogP) is 3.98. The Hall–Kier alpha value is -3.40. The Morgan fingerprint density at radius 1 is 1.04 bits per heavy atom. The van der Waals surface area contributed by atoms with Crippen LogP contribution < -0.4 is 5.32 Å². The summed E-state index contributed by atoms with van der Waals surface area (Å²) < 4.78 is 2.06. The molecule has 0 spiro atoms. The number of rotatable bonds is 4. The van der Waals surface area contributed by atoms with E-state index in [0.29, 0.717) is 6.42 Å². The smallest absolute Gasteiger partial charge is 0.224 e. The number of hydrogen-bond acceptors (Lipinski definition) is 2. The third kappa shape index (κ3) is 2.97. The summed E-state index contributed by atoms with van der Waals surface area (Å²) in [6, 6.07) is 22.6. The molecule has 4 rings (SSSR count).